The lowest BCUT2D eigenvalue weighted by Crippen LogP contribution is -2.45. The fraction of sp³-hybridized carbons (Fsp3) is 0.500. The number of carbonyl (C=O) groups is 1. The van der Waals surface area contributed by atoms with Gasteiger partial charge in [-0.2, -0.15) is 26.3 Å². The van der Waals surface area contributed by atoms with Gasteiger partial charge in [0.1, 0.15) is 5.60 Å². The molecular formula is C32H38F6N4O4. The fourth-order valence-electron chi connectivity index (χ4n) is 4.68. The summed E-state index contributed by atoms with van der Waals surface area (Å²) in [5.74, 6) is -1.99. The molecular weight excluding hydrogens is 618 g/mol. The summed E-state index contributed by atoms with van der Waals surface area (Å²) in [6, 6.07) is 0.624. The van der Waals surface area contributed by atoms with E-state index in [0.717, 1.165) is 6.42 Å². The van der Waals surface area contributed by atoms with Gasteiger partial charge in [-0.1, -0.05) is 37.3 Å². The Morgan fingerprint density at radius 1 is 1.11 bits per heavy atom. The van der Waals surface area contributed by atoms with Crippen LogP contribution in [0.4, 0.5) is 36.8 Å². The Balaban J connectivity index is 2.21. The summed E-state index contributed by atoms with van der Waals surface area (Å²) in [6.45, 7) is 13.0. The van der Waals surface area contributed by atoms with Gasteiger partial charge in [-0.3, -0.25) is 5.32 Å². The lowest BCUT2D eigenvalue weighted by Gasteiger charge is -2.32. The summed E-state index contributed by atoms with van der Waals surface area (Å²) < 4.78 is 104. The topological polar surface area (TPSA) is 99.4 Å². The zero-order valence-electron chi connectivity index (χ0n) is 26.1. The Hall–Kier alpha value is -3.94. The summed E-state index contributed by atoms with van der Waals surface area (Å²) >= 11 is 0. The predicted molar refractivity (Wildman–Crippen MR) is 160 cm³/mol. The summed E-state index contributed by atoms with van der Waals surface area (Å²) in [5.41, 5.74) is -6.23. The lowest BCUT2D eigenvalue weighted by atomic mass is 9.95. The fourth-order valence-corrected chi connectivity index (χ4v) is 4.68. The molecule has 0 fully saturated rings. The molecule has 0 radical (unpaired) electrons. The molecule has 0 bridgehead atoms. The third-order valence-corrected chi connectivity index (χ3v) is 6.84. The van der Waals surface area contributed by atoms with Crippen molar-refractivity contribution in [3.05, 3.63) is 72.3 Å². The molecule has 3 rings (SSSR count). The minimum absolute atomic E-state index is 0.151. The Kier molecular flexibility index (Phi) is 11.6. The maximum Gasteiger partial charge on any atom is 0.426 e. The van der Waals surface area contributed by atoms with E-state index in [2.05, 4.69) is 33.7 Å². The van der Waals surface area contributed by atoms with Crippen LogP contribution in [0.5, 0.6) is 0 Å². The summed E-state index contributed by atoms with van der Waals surface area (Å²) in [7, 11) is 0. The number of rotatable bonds is 13. The van der Waals surface area contributed by atoms with Gasteiger partial charge in [-0.15, -0.1) is 23.4 Å². The molecule has 8 nitrogen and oxygen atoms in total. The highest BCUT2D eigenvalue weighted by molar-refractivity contribution is 5.89. The number of halogens is 6. The third-order valence-electron chi connectivity index (χ3n) is 6.84. The number of anilines is 1. The van der Waals surface area contributed by atoms with Crippen LogP contribution in [-0.4, -0.2) is 39.7 Å². The van der Waals surface area contributed by atoms with Gasteiger partial charge in [0.2, 0.25) is 5.60 Å². The van der Waals surface area contributed by atoms with Gasteiger partial charge in [0.25, 0.3) is 11.8 Å². The molecule has 0 saturated heterocycles. The molecule has 1 N–H and O–H groups in total. The average Bonchev–Trinajstić information content (AvgIpc) is 3.42. The van der Waals surface area contributed by atoms with Crippen molar-refractivity contribution in [3.8, 4) is 11.6 Å². The van der Waals surface area contributed by atoms with Crippen LogP contribution in [0.3, 0.4) is 0 Å². The number of aromatic nitrogens is 3. The normalized spacial score (nSPS) is 15.9. The first-order valence-corrected chi connectivity index (χ1v) is 14.6. The molecule has 0 aliphatic heterocycles. The Labute approximate surface area is 263 Å². The second-order valence-corrected chi connectivity index (χ2v) is 11.9. The molecule has 2 heterocycles. The lowest BCUT2D eigenvalue weighted by molar-refractivity contribution is -0.292. The smallest absolute Gasteiger partial charge is 0.426 e. The minimum atomic E-state index is -5.06. The standard InChI is InChI=1S/C32H38F6N4O4/c1-7-9-16-30(32(36,37)38,44-19-21-14-11-10-12-15-21)27-42-41-26(45-27)25-24(40-28(43)46-29(4,5)6)18-22(31(33,34)35)23(39-25)17-20(3)13-8-2/h7-8,11,14-15,18,20H,1-2,9-10,12-13,16-17,19H2,3-6H3,(H,40,43). The minimum Gasteiger partial charge on any atom is -0.444 e. The molecule has 0 saturated carbocycles. The van der Waals surface area contributed by atoms with E-state index in [0.29, 0.717) is 24.5 Å². The van der Waals surface area contributed by atoms with Crippen LogP contribution in [0.15, 0.2) is 59.6 Å². The Morgan fingerprint density at radius 2 is 1.83 bits per heavy atom. The molecule has 0 aromatic carbocycles. The van der Waals surface area contributed by atoms with Crippen LogP contribution < -0.4 is 5.32 Å². The Bertz CT molecular complexity index is 1460. The molecule has 1 aliphatic rings. The number of pyridine rings is 1. The SMILES string of the molecule is C=CCCC(OCC1=CCCC=C1)(c1nnc(-c2nc(CC(C)CC=C)c(C(F)(F)F)cc2NC(=O)OC(C)(C)C)o1)C(F)(F)F. The highest BCUT2D eigenvalue weighted by Gasteiger charge is 2.61. The van der Waals surface area contributed by atoms with Gasteiger partial charge < -0.3 is 13.9 Å². The summed E-state index contributed by atoms with van der Waals surface area (Å²) in [5, 5.41) is 9.64. The summed E-state index contributed by atoms with van der Waals surface area (Å²) in [4.78, 5) is 16.8. The number of alkyl halides is 6. The van der Waals surface area contributed by atoms with Crippen molar-refractivity contribution < 1.29 is 45.0 Å². The second-order valence-electron chi connectivity index (χ2n) is 11.9. The zero-order chi connectivity index (χ0) is 34.3. The van der Waals surface area contributed by atoms with Gasteiger partial charge in [-0.25, -0.2) is 9.78 Å². The van der Waals surface area contributed by atoms with Crippen molar-refractivity contribution in [3.63, 3.8) is 0 Å². The third kappa shape index (κ3) is 9.30. The van der Waals surface area contributed by atoms with Gasteiger partial charge in [-0.05, 0) is 76.9 Å². The largest absolute Gasteiger partial charge is 0.444 e. The van der Waals surface area contributed by atoms with E-state index in [9.17, 15) is 31.1 Å². The second kappa shape index (κ2) is 14.7. The molecule has 1 amide bonds. The van der Waals surface area contributed by atoms with Crippen molar-refractivity contribution in [2.45, 2.75) is 89.8 Å². The van der Waals surface area contributed by atoms with Crippen molar-refractivity contribution >= 4 is 11.8 Å². The maximum absolute atomic E-state index is 14.9. The first-order chi connectivity index (χ1) is 21.4. The first kappa shape index (κ1) is 36.5. The number of hydrogen-bond donors (Lipinski definition) is 1. The van der Waals surface area contributed by atoms with Gasteiger partial charge in [0.15, 0.2) is 5.69 Å². The van der Waals surface area contributed by atoms with Crippen molar-refractivity contribution in [1.82, 2.24) is 15.2 Å². The van der Waals surface area contributed by atoms with Gasteiger partial charge in [0.05, 0.1) is 23.6 Å². The van der Waals surface area contributed by atoms with E-state index in [-0.39, 0.29) is 18.8 Å². The summed E-state index contributed by atoms with van der Waals surface area (Å²) in [6.07, 6.45) is -2.33. The van der Waals surface area contributed by atoms with Crippen molar-refractivity contribution in [2.75, 3.05) is 11.9 Å². The van der Waals surface area contributed by atoms with E-state index >= 15 is 0 Å². The van der Waals surface area contributed by atoms with Crippen LogP contribution in [-0.2, 0) is 27.7 Å². The molecule has 2 atom stereocenters. The number of carbonyl (C=O) groups excluding carboxylic acids is 1. The molecule has 0 spiro atoms. The van der Waals surface area contributed by atoms with Crippen LogP contribution in [0.25, 0.3) is 11.6 Å². The van der Waals surface area contributed by atoms with Crippen LogP contribution in [0, 0.1) is 5.92 Å². The number of ether oxygens (including phenoxy) is 2. The zero-order valence-corrected chi connectivity index (χ0v) is 26.1. The quantitative estimate of drug-likeness (QED) is 0.169. The molecule has 2 aromatic heterocycles. The number of nitrogens with one attached hydrogen (secondary N) is 1. The molecule has 2 unspecified atom stereocenters. The van der Waals surface area contributed by atoms with Gasteiger partial charge >= 0.3 is 18.4 Å². The predicted octanol–water partition coefficient (Wildman–Crippen LogP) is 9.27. The van der Waals surface area contributed by atoms with Crippen molar-refractivity contribution in [2.24, 2.45) is 5.92 Å². The average molecular weight is 657 g/mol. The highest BCUT2D eigenvalue weighted by atomic mass is 19.4. The van der Waals surface area contributed by atoms with E-state index in [1.165, 1.54) is 6.08 Å². The maximum atomic E-state index is 14.9. The van der Waals surface area contributed by atoms with Crippen molar-refractivity contribution in [1.29, 1.82) is 0 Å². The van der Waals surface area contributed by atoms with Crippen LogP contribution in [0.1, 0.15) is 76.9 Å². The van der Waals surface area contributed by atoms with E-state index in [1.807, 2.05) is 6.08 Å². The van der Waals surface area contributed by atoms with Crippen LogP contribution >= 0.6 is 0 Å². The highest BCUT2D eigenvalue weighted by Crippen LogP contribution is 2.47. The molecule has 46 heavy (non-hydrogen) atoms. The number of allylic oxidation sites excluding steroid dienone is 4. The van der Waals surface area contributed by atoms with E-state index < -0.39 is 77.1 Å². The monoisotopic (exact) mass is 656 g/mol. The first-order valence-electron chi connectivity index (χ1n) is 14.6. The van der Waals surface area contributed by atoms with E-state index in [1.54, 1.807) is 45.9 Å². The van der Waals surface area contributed by atoms with E-state index in [4.69, 9.17) is 13.9 Å². The number of amides is 1. The number of hydrogen-bond acceptors (Lipinski definition) is 7. The van der Waals surface area contributed by atoms with Crippen LogP contribution in [0.2, 0.25) is 0 Å². The Morgan fingerprint density at radius 3 is 2.39 bits per heavy atom. The molecule has 252 valence electrons. The molecule has 14 heteroatoms. The molecule has 2 aromatic rings. The van der Waals surface area contributed by atoms with Gasteiger partial charge in [0, 0.05) is 0 Å². The molecule has 1 aliphatic carbocycles. The number of nitrogens with zero attached hydrogens (tertiary/aromatic N) is 3.